The molecule has 9 heteroatoms. The molecule has 0 spiro atoms. The normalized spacial score (nSPS) is 29.7. The molecular formula is C17H25N3O5S. The molecule has 3 aliphatic rings. The maximum atomic E-state index is 12.5. The molecule has 0 saturated heterocycles. The van der Waals surface area contributed by atoms with Crippen molar-refractivity contribution in [3.63, 3.8) is 0 Å². The third-order valence-corrected chi connectivity index (χ3v) is 7.49. The Hall–Kier alpha value is -1.90. The number of nitrogens with one attached hydrogen (secondary N) is 1. The minimum atomic E-state index is -3.84. The second kappa shape index (κ2) is 6.07. The predicted octanol–water partition coefficient (Wildman–Crippen LogP) is 1.21. The molecule has 3 saturated carbocycles. The van der Waals surface area contributed by atoms with Gasteiger partial charge in [0.05, 0.1) is 11.9 Å². The van der Waals surface area contributed by atoms with E-state index in [2.05, 4.69) is 31.2 Å². The Bertz CT molecular complexity index is 905. The van der Waals surface area contributed by atoms with Crippen LogP contribution in [-0.4, -0.2) is 41.6 Å². The number of carbonyl (C=O) groups is 1. The van der Waals surface area contributed by atoms with Crippen LogP contribution >= 0.6 is 0 Å². The molecule has 4 atom stereocenters. The lowest BCUT2D eigenvalue weighted by Gasteiger charge is -2.62. The van der Waals surface area contributed by atoms with Crippen molar-refractivity contribution in [3.05, 3.63) is 16.6 Å². The predicted molar refractivity (Wildman–Crippen MR) is 95.8 cm³/mol. The summed E-state index contributed by atoms with van der Waals surface area (Å²) in [5.74, 6) is 0.204. The Morgan fingerprint density at radius 2 is 2.08 bits per heavy atom. The number of rotatable bonds is 5. The summed E-state index contributed by atoms with van der Waals surface area (Å²) >= 11 is 0. The van der Waals surface area contributed by atoms with E-state index >= 15 is 0 Å². The van der Waals surface area contributed by atoms with Gasteiger partial charge in [-0.25, -0.2) is 13.1 Å². The van der Waals surface area contributed by atoms with E-state index in [9.17, 15) is 18.0 Å². The van der Waals surface area contributed by atoms with Crippen LogP contribution in [0, 0.1) is 23.2 Å². The Kier molecular flexibility index (Phi) is 4.41. The second-order valence-corrected chi connectivity index (χ2v) is 10.2. The van der Waals surface area contributed by atoms with Crippen LogP contribution in [0.15, 0.2) is 15.9 Å². The number of aromatic nitrogens is 2. The van der Waals surface area contributed by atoms with Gasteiger partial charge in [-0.15, -0.1) is 0 Å². The van der Waals surface area contributed by atoms with E-state index < -0.39 is 32.8 Å². The fourth-order valence-electron chi connectivity index (χ4n) is 4.71. The molecule has 0 amide bonds. The molecule has 26 heavy (non-hydrogen) atoms. The molecule has 3 fully saturated rings. The fraction of sp³-hybridized carbons (Fsp3) is 0.706. The van der Waals surface area contributed by atoms with Crippen molar-refractivity contribution in [1.82, 2.24) is 9.78 Å². The van der Waals surface area contributed by atoms with Crippen LogP contribution in [-0.2, 0) is 21.2 Å². The topological polar surface area (TPSA) is 118 Å². The van der Waals surface area contributed by atoms with Gasteiger partial charge in [0.15, 0.2) is 14.7 Å². The molecule has 0 radical (unpaired) electrons. The van der Waals surface area contributed by atoms with Crippen molar-refractivity contribution in [2.24, 2.45) is 23.2 Å². The second-order valence-electron chi connectivity index (χ2n) is 8.22. The fourth-order valence-corrected chi connectivity index (χ4v) is 5.65. The van der Waals surface area contributed by atoms with Crippen LogP contribution in [0.1, 0.15) is 33.6 Å². The summed E-state index contributed by atoms with van der Waals surface area (Å²) < 4.78 is 25.0. The summed E-state index contributed by atoms with van der Waals surface area (Å²) in [7, 11) is -3.84. The Morgan fingerprint density at radius 3 is 2.58 bits per heavy atom. The van der Waals surface area contributed by atoms with Gasteiger partial charge in [-0.3, -0.25) is 9.59 Å². The van der Waals surface area contributed by atoms with Crippen molar-refractivity contribution < 1.29 is 18.3 Å². The average molecular weight is 383 g/mol. The molecule has 4 rings (SSSR count). The Balaban J connectivity index is 1.95. The number of aliphatic carboxylic acids is 1. The van der Waals surface area contributed by atoms with Gasteiger partial charge in [0.2, 0.25) is 0 Å². The third kappa shape index (κ3) is 3.02. The molecule has 3 aliphatic carbocycles. The van der Waals surface area contributed by atoms with Crippen LogP contribution in [0.2, 0.25) is 0 Å². The molecule has 1 aromatic rings. The average Bonchev–Trinajstić information content (AvgIpc) is 2.49. The number of carboxylic acid groups (broad SMARTS) is 1. The summed E-state index contributed by atoms with van der Waals surface area (Å²) in [6.07, 6.45) is 4.29. The number of nitrogens with zero attached hydrogens (tertiary/aromatic N) is 2. The monoisotopic (exact) mass is 383 g/mol. The van der Waals surface area contributed by atoms with Crippen LogP contribution in [0.5, 0.6) is 0 Å². The van der Waals surface area contributed by atoms with Gasteiger partial charge in [0.25, 0.3) is 5.56 Å². The third-order valence-electron chi connectivity index (χ3n) is 6.35. The SMILES string of the molecule is C[C@H]1[C@H](Nc2cnn(CC(=O)O)c(=O)c2S(C)(=O)=O)C[C@H]2C[C@@H]1C2(C)C. The standard InChI is InChI=1S/C17H25N3O5S/c1-9-11-5-10(17(11,2)3)6-12(9)19-13-7-18-20(8-14(21)22)16(23)15(13)26(4,24)25/h7,9-12,19H,5-6,8H2,1-4H3,(H,21,22)/t9-,10-,11+,12-/m1/s1. The van der Waals surface area contributed by atoms with E-state index in [1.165, 1.54) is 12.6 Å². The molecule has 2 N–H and O–H groups in total. The van der Waals surface area contributed by atoms with E-state index in [0.29, 0.717) is 27.9 Å². The highest BCUT2D eigenvalue weighted by Gasteiger charge is 2.56. The molecular weight excluding hydrogens is 358 g/mol. The Labute approximate surface area is 152 Å². The Morgan fingerprint density at radius 1 is 1.42 bits per heavy atom. The first-order valence-electron chi connectivity index (χ1n) is 8.71. The number of fused-ring (bicyclic) bond motifs is 2. The highest BCUT2D eigenvalue weighted by atomic mass is 32.2. The van der Waals surface area contributed by atoms with E-state index in [-0.39, 0.29) is 11.7 Å². The molecule has 0 aromatic carbocycles. The van der Waals surface area contributed by atoms with Gasteiger partial charge in [0.1, 0.15) is 6.54 Å². The zero-order chi connectivity index (χ0) is 19.4. The quantitative estimate of drug-likeness (QED) is 0.784. The summed E-state index contributed by atoms with van der Waals surface area (Å²) in [5, 5.41) is 15.9. The van der Waals surface area contributed by atoms with Crippen LogP contribution < -0.4 is 10.9 Å². The van der Waals surface area contributed by atoms with Gasteiger partial charge < -0.3 is 10.4 Å². The molecule has 144 valence electrons. The van der Waals surface area contributed by atoms with E-state index in [1.54, 1.807) is 0 Å². The van der Waals surface area contributed by atoms with Crippen molar-refractivity contribution in [1.29, 1.82) is 0 Å². The van der Waals surface area contributed by atoms with E-state index in [4.69, 9.17) is 5.11 Å². The summed E-state index contributed by atoms with van der Waals surface area (Å²) in [6.45, 7) is 6.02. The molecule has 0 aliphatic heterocycles. The summed E-state index contributed by atoms with van der Waals surface area (Å²) in [4.78, 5) is 22.9. The zero-order valence-electron chi connectivity index (χ0n) is 15.4. The van der Waals surface area contributed by atoms with Gasteiger partial charge in [-0.1, -0.05) is 20.8 Å². The van der Waals surface area contributed by atoms with E-state index in [1.807, 2.05) is 0 Å². The van der Waals surface area contributed by atoms with Crippen molar-refractivity contribution in [3.8, 4) is 0 Å². The van der Waals surface area contributed by atoms with Gasteiger partial charge in [-0.2, -0.15) is 5.10 Å². The van der Waals surface area contributed by atoms with Crippen molar-refractivity contribution in [2.75, 3.05) is 11.6 Å². The van der Waals surface area contributed by atoms with Crippen molar-refractivity contribution >= 4 is 21.5 Å². The van der Waals surface area contributed by atoms with Gasteiger partial charge in [0, 0.05) is 12.3 Å². The summed E-state index contributed by atoms with van der Waals surface area (Å²) in [5.41, 5.74) is -0.454. The number of sulfone groups is 1. The number of carboxylic acids is 1. The minimum absolute atomic E-state index is 0.0591. The molecule has 1 heterocycles. The van der Waals surface area contributed by atoms with Crippen molar-refractivity contribution in [2.45, 2.75) is 51.1 Å². The lowest BCUT2D eigenvalue weighted by atomic mass is 9.45. The van der Waals surface area contributed by atoms with Crippen LogP contribution in [0.25, 0.3) is 0 Å². The van der Waals surface area contributed by atoms with Gasteiger partial charge >= 0.3 is 5.97 Å². The lowest BCUT2D eigenvalue weighted by molar-refractivity contribution is -0.138. The minimum Gasteiger partial charge on any atom is -0.480 e. The number of anilines is 1. The van der Waals surface area contributed by atoms with Gasteiger partial charge in [-0.05, 0) is 36.0 Å². The first-order chi connectivity index (χ1) is 11.9. The maximum Gasteiger partial charge on any atom is 0.325 e. The first kappa shape index (κ1) is 18.9. The van der Waals surface area contributed by atoms with Crippen LogP contribution in [0.3, 0.4) is 0 Å². The van der Waals surface area contributed by atoms with E-state index in [0.717, 1.165) is 12.7 Å². The maximum absolute atomic E-state index is 12.5. The highest BCUT2D eigenvalue weighted by Crippen LogP contribution is 2.61. The first-order valence-corrected chi connectivity index (χ1v) is 10.6. The number of hydrogen-bond acceptors (Lipinski definition) is 6. The molecule has 0 unspecified atom stereocenters. The zero-order valence-corrected chi connectivity index (χ0v) is 16.2. The lowest BCUT2D eigenvalue weighted by Crippen LogP contribution is -2.58. The summed E-state index contributed by atoms with van der Waals surface area (Å²) in [6, 6.07) is 0.0591. The molecule has 8 nitrogen and oxygen atoms in total. The smallest absolute Gasteiger partial charge is 0.325 e. The molecule has 1 aromatic heterocycles. The van der Waals surface area contributed by atoms with Crippen LogP contribution in [0.4, 0.5) is 5.69 Å². The molecule has 2 bridgehead atoms. The largest absolute Gasteiger partial charge is 0.480 e. The highest BCUT2D eigenvalue weighted by molar-refractivity contribution is 7.90. The number of hydrogen-bond donors (Lipinski definition) is 2.